The van der Waals surface area contributed by atoms with E-state index in [4.69, 9.17) is 9.73 Å². The molecule has 238 valence electrons. The zero-order chi connectivity index (χ0) is 33.4. The van der Waals surface area contributed by atoms with Crippen LogP contribution in [-0.4, -0.2) is 22.2 Å². The molecule has 6 aromatic rings. The van der Waals surface area contributed by atoms with Crippen LogP contribution in [0.25, 0.3) is 22.9 Å². The normalized spacial score (nSPS) is 14.4. The molecule has 7 nitrogen and oxygen atoms in total. The van der Waals surface area contributed by atoms with Gasteiger partial charge < -0.3 is 14.6 Å². The second kappa shape index (κ2) is 12.8. The average Bonchev–Trinajstić information content (AvgIpc) is 3.57. The molecule has 0 saturated heterocycles. The summed E-state index contributed by atoms with van der Waals surface area (Å²) in [6.07, 6.45) is 1.94. The number of ether oxygens (including phenoxy) is 1. The van der Waals surface area contributed by atoms with Gasteiger partial charge in [-0.15, -0.1) is 0 Å². The Bertz CT molecular complexity index is 2350. The first kappa shape index (κ1) is 30.9. The minimum Gasteiger partial charge on any atom is -0.497 e. The molecule has 0 spiro atoms. The largest absolute Gasteiger partial charge is 0.497 e. The first-order valence-electron chi connectivity index (χ1n) is 15.7. The fraction of sp³-hybridized carbons (Fsp3) is 0.125. The van der Waals surface area contributed by atoms with Crippen LogP contribution in [0.5, 0.6) is 5.75 Å². The highest BCUT2D eigenvalue weighted by Crippen LogP contribution is 2.32. The van der Waals surface area contributed by atoms with Gasteiger partial charge in [0.2, 0.25) is 0 Å². The number of hydrogen-bond acceptors (Lipinski definition) is 5. The second-order valence-electron chi connectivity index (χ2n) is 11.7. The molecular weight excluding hydrogens is 617 g/mol. The van der Waals surface area contributed by atoms with Crippen molar-refractivity contribution in [2.75, 3.05) is 12.4 Å². The van der Waals surface area contributed by atoms with Gasteiger partial charge in [0.05, 0.1) is 29.0 Å². The number of carbonyl (C=O) groups excluding carboxylic acids is 1. The minimum absolute atomic E-state index is 0.200. The maximum absolute atomic E-state index is 14.3. The molecule has 1 atom stereocenters. The quantitative estimate of drug-likeness (QED) is 0.203. The summed E-state index contributed by atoms with van der Waals surface area (Å²) in [5, 5.41) is 3.00. The third-order valence-corrected chi connectivity index (χ3v) is 9.70. The van der Waals surface area contributed by atoms with Crippen molar-refractivity contribution in [3.63, 3.8) is 0 Å². The van der Waals surface area contributed by atoms with Gasteiger partial charge >= 0.3 is 0 Å². The molecule has 0 radical (unpaired) electrons. The Morgan fingerprint density at radius 3 is 2.17 bits per heavy atom. The molecule has 4 aromatic carbocycles. The number of fused-ring (bicyclic) bond motifs is 1. The van der Waals surface area contributed by atoms with E-state index in [2.05, 4.69) is 66.2 Å². The standard InChI is InChI=1S/C40H34N4O3S/c1-25-23-31(27(3)43(25)33-19-15-29(16-20-33)28-11-7-5-8-12-28)24-35-39(46)44-37(30-17-21-34(47-4)22-18-30)36(26(2)41-40(44)48-35)38(45)42-32-13-9-6-10-14-32/h5-24,37H,1-4H3,(H,42,45)/b35-24+/t37-/m1/s1. The van der Waals surface area contributed by atoms with Gasteiger partial charge in [-0.2, -0.15) is 0 Å². The number of nitrogens with zero attached hydrogens (tertiary/aromatic N) is 3. The van der Waals surface area contributed by atoms with E-state index in [-0.39, 0.29) is 11.5 Å². The molecule has 0 aliphatic carbocycles. The van der Waals surface area contributed by atoms with Gasteiger partial charge in [0, 0.05) is 22.8 Å². The van der Waals surface area contributed by atoms with Crippen LogP contribution in [0.3, 0.4) is 0 Å². The number of anilines is 1. The molecule has 0 bridgehead atoms. The highest BCUT2D eigenvalue weighted by atomic mass is 32.1. The van der Waals surface area contributed by atoms with Crippen molar-refractivity contribution < 1.29 is 9.53 Å². The Morgan fingerprint density at radius 1 is 0.854 bits per heavy atom. The number of nitrogens with one attached hydrogen (secondary N) is 1. The summed E-state index contributed by atoms with van der Waals surface area (Å²) in [4.78, 5) is 33.5. The third-order valence-electron chi connectivity index (χ3n) is 8.72. The number of rotatable bonds is 7. The molecule has 7 rings (SSSR count). The van der Waals surface area contributed by atoms with Gasteiger partial charge in [-0.1, -0.05) is 84.1 Å². The number of aryl methyl sites for hydroxylation is 1. The maximum Gasteiger partial charge on any atom is 0.271 e. The van der Waals surface area contributed by atoms with E-state index in [1.807, 2.05) is 85.8 Å². The van der Waals surface area contributed by atoms with Crippen LogP contribution in [0.15, 0.2) is 136 Å². The molecule has 0 fully saturated rings. The molecule has 1 N–H and O–H groups in total. The lowest BCUT2D eigenvalue weighted by Crippen LogP contribution is -2.40. The lowest BCUT2D eigenvalue weighted by molar-refractivity contribution is -0.113. The summed E-state index contributed by atoms with van der Waals surface area (Å²) in [5.74, 6) is 0.381. The molecule has 48 heavy (non-hydrogen) atoms. The van der Waals surface area contributed by atoms with E-state index in [0.29, 0.717) is 32.0 Å². The first-order chi connectivity index (χ1) is 23.3. The Labute approximate surface area is 282 Å². The van der Waals surface area contributed by atoms with Gasteiger partial charge in [0.15, 0.2) is 4.80 Å². The van der Waals surface area contributed by atoms with Crippen LogP contribution in [0.2, 0.25) is 0 Å². The van der Waals surface area contributed by atoms with Gasteiger partial charge in [-0.25, -0.2) is 4.99 Å². The van der Waals surface area contributed by atoms with Crippen LogP contribution in [0.1, 0.15) is 35.5 Å². The highest BCUT2D eigenvalue weighted by Gasteiger charge is 2.32. The molecule has 1 aliphatic heterocycles. The van der Waals surface area contributed by atoms with E-state index < -0.39 is 6.04 Å². The number of methoxy groups -OCH3 is 1. The Kier molecular flexibility index (Phi) is 8.25. The van der Waals surface area contributed by atoms with Gasteiger partial charge in [0.25, 0.3) is 11.5 Å². The van der Waals surface area contributed by atoms with Crippen molar-refractivity contribution in [1.29, 1.82) is 0 Å². The van der Waals surface area contributed by atoms with E-state index in [9.17, 15) is 9.59 Å². The molecule has 1 aliphatic rings. The number of amides is 1. The lowest BCUT2D eigenvalue weighted by atomic mass is 9.95. The van der Waals surface area contributed by atoms with Gasteiger partial charge in [0.1, 0.15) is 5.75 Å². The SMILES string of the molecule is COc1ccc([C@@H]2C(C(=O)Nc3ccccc3)=C(C)N=c3s/c(=C/c4cc(C)n(-c5ccc(-c6ccccc6)cc5)c4C)c(=O)n32)cc1. The Morgan fingerprint density at radius 2 is 1.50 bits per heavy atom. The summed E-state index contributed by atoms with van der Waals surface area (Å²) >= 11 is 1.33. The molecule has 8 heteroatoms. The number of thiazole rings is 1. The average molecular weight is 651 g/mol. The topological polar surface area (TPSA) is 77.6 Å². The zero-order valence-electron chi connectivity index (χ0n) is 27.1. The molecule has 3 heterocycles. The summed E-state index contributed by atoms with van der Waals surface area (Å²) < 4.78 is 9.79. The van der Waals surface area contributed by atoms with Gasteiger partial charge in [-0.05, 0) is 91.6 Å². The Hall–Kier alpha value is -5.73. The predicted octanol–water partition coefficient (Wildman–Crippen LogP) is 6.96. The summed E-state index contributed by atoms with van der Waals surface area (Å²) in [6.45, 7) is 5.96. The van der Waals surface area contributed by atoms with Crippen LogP contribution in [-0.2, 0) is 4.79 Å². The van der Waals surface area contributed by atoms with E-state index in [1.54, 1.807) is 11.7 Å². The van der Waals surface area contributed by atoms with Crippen molar-refractivity contribution in [2.45, 2.75) is 26.8 Å². The van der Waals surface area contributed by atoms with E-state index in [0.717, 1.165) is 33.8 Å². The van der Waals surface area contributed by atoms with Crippen molar-refractivity contribution in [1.82, 2.24) is 9.13 Å². The molecule has 0 saturated carbocycles. The van der Waals surface area contributed by atoms with Crippen LogP contribution >= 0.6 is 11.3 Å². The lowest BCUT2D eigenvalue weighted by Gasteiger charge is -2.25. The Balaban J connectivity index is 1.30. The van der Waals surface area contributed by atoms with Crippen molar-refractivity contribution in [2.24, 2.45) is 4.99 Å². The van der Waals surface area contributed by atoms with E-state index >= 15 is 0 Å². The third kappa shape index (κ3) is 5.71. The smallest absolute Gasteiger partial charge is 0.271 e. The highest BCUT2D eigenvalue weighted by molar-refractivity contribution is 7.07. The van der Waals surface area contributed by atoms with Crippen molar-refractivity contribution in [3.8, 4) is 22.6 Å². The maximum atomic E-state index is 14.3. The summed E-state index contributed by atoms with van der Waals surface area (Å²) in [7, 11) is 1.61. The fourth-order valence-electron chi connectivity index (χ4n) is 6.34. The molecular formula is C40H34N4O3S. The number of allylic oxidation sites excluding steroid dienone is 1. The van der Waals surface area contributed by atoms with Gasteiger partial charge in [-0.3, -0.25) is 14.2 Å². The van der Waals surface area contributed by atoms with Crippen molar-refractivity contribution >= 4 is 29.0 Å². The second-order valence-corrected chi connectivity index (χ2v) is 12.8. The predicted molar refractivity (Wildman–Crippen MR) is 193 cm³/mol. The zero-order valence-corrected chi connectivity index (χ0v) is 27.9. The molecule has 1 amide bonds. The van der Waals surface area contributed by atoms with Crippen LogP contribution < -0.4 is 24.9 Å². The number of benzene rings is 4. The van der Waals surface area contributed by atoms with E-state index in [1.165, 1.54) is 16.9 Å². The molecule has 2 aromatic heterocycles. The number of para-hydroxylation sites is 1. The first-order valence-corrected chi connectivity index (χ1v) is 16.5. The number of carbonyl (C=O) groups is 1. The number of hydrogen-bond donors (Lipinski definition) is 1. The van der Waals surface area contributed by atoms with Crippen molar-refractivity contribution in [3.05, 3.63) is 169 Å². The van der Waals surface area contributed by atoms with Crippen LogP contribution in [0, 0.1) is 13.8 Å². The summed E-state index contributed by atoms with van der Waals surface area (Å²) in [5.41, 5.74) is 8.64. The summed E-state index contributed by atoms with van der Waals surface area (Å²) in [6, 6.07) is 37.0. The number of aromatic nitrogens is 2. The minimum atomic E-state index is -0.673. The monoisotopic (exact) mass is 650 g/mol. The fourth-order valence-corrected chi connectivity index (χ4v) is 7.38. The molecule has 0 unspecified atom stereocenters. The van der Waals surface area contributed by atoms with Crippen LogP contribution in [0.4, 0.5) is 5.69 Å².